The van der Waals surface area contributed by atoms with Crippen LogP contribution in [0, 0.1) is 0 Å². The van der Waals surface area contributed by atoms with Crippen molar-refractivity contribution >= 4 is 11.6 Å². The molecule has 1 aromatic heterocycles. The van der Waals surface area contributed by atoms with Crippen molar-refractivity contribution in [2.75, 3.05) is 18.4 Å². The Kier molecular flexibility index (Phi) is 3.61. The molecule has 0 radical (unpaired) electrons. The van der Waals surface area contributed by atoms with Gasteiger partial charge in [-0.2, -0.15) is 0 Å². The molecular formula is C13H19N3O. The van der Waals surface area contributed by atoms with E-state index in [1.54, 1.807) is 18.5 Å². The van der Waals surface area contributed by atoms with E-state index >= 15 is 0 Å². The van der Waals surface area contributed by atoms with E-state index in [4.69, 9.17) is 0 Å². The van der Waals surface area contributed by atoms with E-state index < -0.39 is 0 Å². The van der Waals surface area contributed by atoms with Crippen molar-refractivity contribution < 1.29 is 4.79 Å². The predicted octanol–water partition coefficient (Wildman–Crippen LogP) is 2.14. The Hall–Kier alpha value is -1.58. The fraction of sp³-hybridized carbons (Fsp3) is 0.538. The van der Waals surface area contributed by atoms with Crippen molar-refractivity contribution in [3.05, 3.63) is 24.0 Å². The maximum atomic E-state index is 12.4. The van der Waals surface area contributed by atoms with Crippen molar-refractivity contribution in [2.45, 2.75) is 32.7 Å². The van der Waals surface area contributed by atoms with Gasteiger partial charge in [0, 0.05) is 25.3 Å². The number of carbonyl (C=O) groups is 1. The standard InChI is InChI=1S/C13H19N3O/c1-3-15-12-9-14-8-7-11(12)13(17)16(4-2)10-5-6-10/h7-10,15H,3-6H2,1-2H3. The van der Waals surface area contributed by atoms with Crippen LogP contribution >= 0.6 is 0 Å². The molecule has 2 rings (SSSR count). The van der Waals surface area contributed by atoms with Gasteiger partial charge in [-0.25, -0.2) is 0 Å². The van der Waals surface area contributed by atoms with Gasteiger partial charge in [-0.15, -0.1) is 0 Å². The van der Waals surface area contributed by atoms with E-state index in [9.17, 15) is 4.79 Å². The maximum Gasteiger partial charge on any atom is 0.256 e. The third kappa shape index (κ3) is 2.57. The van der Waals surface area contributed by atoms with Gasteiger partial charge in [-0.05, 0) is 32.8 Å². The number of aromatic nitrogens is 1. The molecule has 1 saturated carbocycles. The van der Waals surface area contributed by atoms with E-state index in [0.29, 0.717) is 6.04 Å². The predicted molar refractivity (Wildman–Crippen MR) is 68.1 cm³/mol. The molecule has 0 spiro atoms. The number of carbonyl (C=O) groups excluding carboxylic acids is 1. The van der Waals surface area contributed by atoms with Crippen LogP contribution in [0.25, 0.3) is 0 Å². The van der Waals surface area contributed by atoms with Crippen LogP contribution in [0.1, 0.15) is 37.0 Å². The molecule has 4 nitrogen and oxygen atoms in total. The zero-order chi connectivity index (χ0) is 12.3. The Bertz CT molecular complexity index is 401. The summed E-state index contributed by atoms with van der Waals surface area (Å²) in [5, 5.41) is 3.19. The molecule has 0 saturated heterocycles. The summed E-state index contributed by atoms with van der Waals surface area (Å²) < 4.78 is 0. The molecule has 1 fully saturated rings. The number of hydrogen-bond acceptors (Lipinski definition) is 3. The van der Waals surface area contributed by atoms with Gasteiger partial charge in [-0.3, -0.25) is 9.78 Å². The number of nitrogens with zero attached hydrogens (tertiary/aromatic N) is 2. The minimum Gasteiger partial charge on any atom is -0.383 e. The van der Waals surface area contributed by atoms with Crippen LogP contribution in [0.15, 0.2) is 18.5 Å². The van der Waals surface area contributed by atoms with Crippen molar-refractivity contribution in [3.8, 4) is 0 Å². The molecule has 0 aromatic carbocycles. The molecule has 4 heteroatoms. The molecule has 1 amide bonds. The van der Waals surface area contributed by atoms with Crippen LogP contribution in [0.3, 0.4) is 0 Å². The first-order chi connectivity index (χ1) is 8.27. The second kappa shape index (κ2) is 5.17. The van der Waals surface area contributed by atoms with E-state index in [0.717, 1.165) is 37.2 Å². The lowest BCUT2D eigenvalue weighted by Crippen LogP contribution is -2.33. The molecule has 0 atom stereocenters. The third-order valence-electron chi connectivity index (χ3n) is 3.01. The minimum atomic E-state index is 0.119. The highest BCUT2D eigenvalue weighted by atomic mass is 16.2. The van der Waals surface area contributed by atoms with Gasteiger partial charge in [0.15, 0.2) is 0 Å². The van der Waals surface area contributed by atoms with E-state index in [2.05, 4.69) is 10.3 Å². The summed E-state index contributed by atoms with van der Waals surface area (Å²) in [6.07, 6.45) is 5.68. The van der Waals surface area contributed by atoms with Crippen LogP contribution in [-0.4, -0.2) is 34.9 Å². The monoisotopic (exact) mass is 233 g/mol. The molecule has 0 bridgehead atoms. The first-order valence-electron chi connectivity index (χ1n) is 6.26. The zero-order valence-corrected chi connectivity index (χ0v) is 10.4. The van der Waals surface area contributed by atoms with Crippen LogP contribution in [0.5, 0.6) is 0 Å². The lowest BCUT2D eigenvalue weighted by Gasteiger charge is -2.21. The van der Waals surface area contributed by atoms with Gasteiger partial charge in [-0.1, -0.05) is 0 Å². The van der Waals surface area contributed by atoms with Gasteiger partial charge < -0.3 is 10.2 Å². The van der Waals surface area contributed by atoms with Crippen LogP contribution in [0.4, 0.5) is 5.69 Å². The quantitative estimate of drug-likeness (QED) is 0.847. The minimum absolute atomic E-state index is 0.119. The van der Waals surface area contributed by atoms with Crippen molar-refractivity contribution in [1.82, 2.24) is 9.88 Å². The summed E-state index contributed by atoms with van der Waals surface area (Å²) in [5.74, 6) is 0.119. The molecule has 1 aliphatic carbocycles. The highest BCUT2D eigenvalue weighted by Gasteiger charge is 2.32. The molecule has 1 aliphatic rings. The van der Waals surface area contributed by atoms with Crippen LogP contribution in [0.2, 0.25) is 0 Å². The zero-order valence-electron chi connectivity index (χ0n) is 10.4. The number of hydrogen-bond donors (Lipinski definition) is 1. The Morgan fingerprint density at radius 2 is 2.29 bits per heavy atom. The summed E-state index contributed by atoms with van der Waals surface area (Å²) in [4.78, 5) is 18.4. The van der Waals surface area contributed by atoms with Gasteiger partial charge in [0.2, 0.25) is 0 Å². The summed E-state index contributed by atoms with van der Waals surface area (Å²) in [6.45, 7) is 5.61. The smallest absolute Gasteiger partial charge is 0.256 e. The Balaban J connectivity index is 2.22. The Morgan fingerprint density at radius 3 is 2.88 bits per heavy atom. The maximum absolute atomic E-state index is 12.4. The van der Waals surface area contributed by atoms with Gasteiger partial charge in [0.05, 0.1) is 17.4 Å². The average molecular weight is 233 g/mol. The molecule has 1 aromatic rings. The number of pyridine rings is 1. The van der Waals surface area contributed by atoms with Gasteiger partial charge >= 0.3 is 0 Å². The van der Waals surface area contributed by atoms with Gasteiger partial charge in [0.1, 0.15) is 0 Å². The van der Waals surface area contributed by atoms with Crippen molar-refractivity contribution in [1.29, 1.82) is 0 Å². The molecule has 92 valence electrons. The number of anilines is 1. The molecular weight excluding hydrogens is 214 g/mol. The average Bonchev–Trinajstić information content (AvgIpc) is 3.15. The summed E-state index contributed by atoms with van der Waals surface area (Å²) in [5.41, 5.74) is 1.56. The van der Waals surface area contributed by atoms with E-state index in [1.807, 2.05) is 18.7 Å². The highest BCUT2D eigenvalue weighted by Crippen LogP contribution is 2.29. The van der Waals surface area contributed by atoms with Gasteiger partial charge in [0.25, 0.3) is 5.91 Å². The normalized spacial score (nSPS) is 14.5. The third-order valence-corrected chi connectivity index (χ3v) is 3.01. The molecule has 0 unspecified atom stereocenters. The lowest BCUT2D eigenvalue weighted by atomic mass is 10.2. The number of amides is 1. The Morgan fingerprint density at radius 1 is 1.53 bits per heavy atom. The summed E-state index contributed by atoms with van der Waals surface area (Å²) in [7, 11) is 0. The fourth-order valence-corrected chi connectivity index (χ4v) is 2.02. The molecule has 1 heterocycles. The topological polar surface area (TPSA) is 45.2 Å². The van der Waals surface area contributed by atoms with Crippen LogP contribution < -0.4 is 5.32 Å². The van der Waals surface area contributed by atoms with Crippen molar-refractivity contribution in [3.63, 3.8) is 0 Å². The summed E-state index contributed by atoms with van der Waals surface area (Å²) >= 11 is 0. The van der Waals surface area contributed by atoms with E-state index in [1.165, 1.54) is 0 Å². The van der Waals surface area contributed by atoms with Crippen LogP contribution in [-0.2, 0) is 0 Å². The molecule has 17 heavy (non-hydrogen) atoms. The van der Waals surface area contributed by atoms with E-state index in [-0.39, 0.29) is 5.91 Å². The second-order valence-corrected chi connectivity index (χ2v) is 4.27. The first kappa shape index (κ1) is 11.9. The molecule has 0 aliphatic heterocycles. The highest BCUT2D eigenvalue weighted by molar-refractivity contribution is 5.99. The second-order valence-electron chi connectivity index (χ2n) is 4.27. The number of rotatable bonds is 5. The van der Waals surface area contributed by atoms with Crippen molar-refractivity contribution in [2.24, 2.45) is 0 Å². The lowest BCUT2D eigenvalue weighted by molar-refractivity contribution is 0.0753. The largest absolute Gasteiger partial charge is 0.383 e. The first-order valence-corrected chi connectivity index (χ1v) is 6.26. The summed E-state index contributed by atoms with van der Waals surface area (Å²) in [6, 6.07) is 2.25. The molecule has 1 N–H and O–H groups in total. The number of nitrogens with one attached hydrogen (secondary N) is 1. The SMILES string of the molecule is CCNc1cnccc1C(=O)N(CC)C1CC1. The Labute approximate surface area is 102 Å². The fourth-order valence-electron chi connectivity index (χ4n) is 2.02.